The molecular formula is C13H12N2O6S. The number of hydrogen-bond donors (Lipinski definition) is 0. The van der Waals surface area contributed by atoms with Gasteiger partial charge >= 0.3 is 16.2 Å². The second-order valence-corrected chi connectivity index (χ2v) is 6.14. The molecule has 2 aliphatic rings. The van der Waals surface area contributed by atoms with E-state index in [1.165, 1.54) is 20.2 Å². The molecule has 1 aromatic carbocycles. The van der Waals surface area contributed by atoms with Crippen LogP contribution in [0.3, 0.4) is 0 Å². The fourth-order valence-electron chi connectivity index (χ4n) is 2.04. The van der Waals surface area contributed by atoms with E-state index in [1.807, 2.05) is 0 Å². The Bertz CT molecular complexity index is 812. The molecule has 8 nitrogen and oxygen atoms in total. The van der Waals surface area contributed by atoms with Crippen molar-refractivity contribution in [3.63, 3.8) is 0 Å². The standard InChI is InChI=1S/C13H12N2O6S/c1-15-10(13(16)19-2)6-9(14-22(15,17)18)8-3-4-11-12(5-8)21-7-20-11/h3-6H,7H2,1-2H3. The van der Waals surface area contributed by atoms with Crippen LogP contribution in [-0.2, 0) is 19.7 Å². The van der Waals surface area contributed by atoms with Crippen LogP contribution >= 0.6 is 0 Å². The number of esters is 1. The number of ether oxygens (including phenoxy) is 3. The molecule has 9 heteroatoms. The topological polar surface area (TPSA) is 94.5 Å². The van der Waals surface area contributed by atoms with Gasteiger partial charge in [0.2, 0.25) is 6.79 Å². The van der Waals surface area contributed by atoms with E-state index in [1.54, 1.807) is 18.2 Å². The van der Waals surface area contributed by atoms with Gasteiger partial charge < -0.3 is 14.2 Å². The van der Waals surface area contributed by atoms with Gasteiger partial charge in [-0.15, -0.1) is 4.40 Å². The van der Waals surface area contributed by atoms with Gasteiger partial charge in [-0.3, -0.25) is 0 Å². The molecule has 3 rings (SSSR count). The molecular weight excluding hydrogens is 312 g/mol. The first kappa shape index (κ1) is 14.4. The Morgan fingerprint density at radius 2 is 2.05 bits per heavy atom. The molecule has 2 heterocycles. The Kier molecular flexibility index (Phi) is 3.28. The molecule has 0 N–H and O–H groups in total. The second-order valence-electron chi connectivity index (χ2n) is 4.51. The van der Waals surface area contributed by atoms with E-state index in [0.717, 1.165) is 4.31 Å². The molecule has 0 aromatic heterocycles. The second kappa shape index (κ2) is 5.02. The number of rotatable bonds is 2. The van der Waals surface area contributed by atoms with Gasteiger partial charge in [0.05, 0.1) is 12.8 Å². The van der Waals surface area contributed by atoms with Crippen LogP contribution in [0.4, 0.5) is 0 Å². The van der Waals surface area contributed by atoms with E-state index in [4.69, 9.17) is 9.47 Å². The monoisotopic (exact) mass is 324 g/mol. The number of nitrogens with zero attached hydrogens (tertiary/aromatic N) is 2. The molecule has 0 radical (unpaired) electrons. The smallest absolute Gasteiger partial charge is 0.355 e. The van der Waals surface area contributed by atoms with Crippen LogP contribution in [0.5, 0.6) is 11.5 Å². The first-order valence-corrected chi connectivity index (χ1v) is 7.61. The lowest BCUT2D eigenvalue weighted by Crippen LogP contribution is -2.33. The Labute approximate surface area is 126 Å². The number of likely N-dealkylation sites (N-methyl/N-ethyl adjacent to an activating group) is 1. The first-order chi connectivity index (χ1) is 10.4. The Morgan fingerprint density at radius 1 is 1.32 bits per heavy atom. The molecule has 0 fully saturated rings. The van der Waals surface area contributed by atoms with Crippen molar-refractivity contribution in [2.75, 3.05) is 21.0 Å². The molecule has 22 heavy (non-hydrogen) atoms. The molecule has 0 saturated carbocycles. The van der Waals surface area contributed by atoms with Crippen molar-refractivity contribution in [2.24, 2.45) is 4.40 Å². The maximum absolute atomic E-state index is 12.1. The summed E-state index contributed by atoms with van der Waals surface area (Å²) in [5, 5.41) is 0. The van der Waals surface area contributed by atoms with Crippen LogP contribution in [0.15, 0.2) is 34.4 Å². The summed E-state index contributed by atoms with van der Waals surface area (Å²) in [6.45, 7) is 0.107. The molecule has 0 bridgehead atoms. The summed E-state index contributed by atoms with van der Waals surface area (Å²) >= 11 is 0. The quantitative estimate of drug-likeness (QED) is 0.733. The highest BCUT2D eigenvalue weighted by molar-refractivity contribution is 7.88. The normalized spacial score (nSPS) is 18.5. The lowest BCUT2D eigenvalue weighted by Gasteiger charge is -2.22. The third kappa shape index (κ3) is 2.29. The highest BCUT2D eigenvalue weighted by Gasteiger charge is 2.31. The van der Waals surface area contributed by atoms with Crippen molar-refractivity contribution in [1.29, 1.82) is 0 Å². The molecule has 0 atom stereocenters. The van der Waals surface area contributed by atoms with Crippen LogP contribution in [0.2, 0.25) is 0 Å². The van der Waals surface area contributed by atoms with Gasteiger partial charge in [-0.2, -0.15) is 8.42 Å². The summed E-state index contributed by atoms with van der Waals surface area (Å²) in [5.74, 6) is 0.293. The fraction of sp³-hybridized carbons (Fsp3) is 0.231. The van der Waals surface area contributed by atoms with Crippen LogP contribution in [0, 0.1) is 0 Å². The highest BCUT2D eigenvalue weighted by Crippen LogP contribution is 2.33. The van der Waals surface area contributed by atoms with Gasteiger partial charge in [-0.1, -0.05) is 0 Å². The van der Waals surface area contributed by atoms with Crippen LogP contribution in [0.1, 0.15) is 5.56 Å². The van der Waals surface area contributed by atoms with Crippen molar-refractivity contribution < 1.29 is 27.4 Å². The Balaban J connectivity index is 2.09. The van der Waals surface area contributed by atoms with Crippen molar-refractivity contribution in [1.82, 2.24) is 4.31 Å². The van der Waals surface area contributed by atoms with Crippen LogP contribution in [0.25, 0.3) is 0 Å². The van der Waals surface area contributed by atoms with Gasteiger partial charge in [0, 0.05) is 12.6 Å². The van der Waals surface area contributed by atoms with Crippen molar-refractivity contribution >= 4 is 21.9 Å². The molecule has 0 aliphatic carbocycles. The molecule has 0 unspecified atom stereocenters. The SMILES string of the molecule is COC(=O)C1=CC(c2ccc3c(c2)OCO3)=NS(=O)(=O)N1C. The predicted octanol–water partition coefficient (Wildman–Crippen LogP) is 0.452. The van der Waals surface area contributed by atoms with E-state index in [-0.39, 0.29) is 18.2 Å². The fourth-order valence-corrected chi connectivity index (χ4v) is 2.95. The molecule has 0 spiro atoms. The average Bonchev–Trinajstić information content (AvgIpc) is 2.96. The zero-order valence-electron chi connectivity index (χ0n) is 11.8. The summed E-state index contributed by atoms with van der Waals surface area (Å²) in [5.41, 5.74) is 0.490. The third-order valence-electron chi connectivity index (χ3n) is 3.24. The number of fused-ring (bicyclic) bond motifs is 1. The van der Waals surface area contributed by atoms with Gasteiger partial charge in [0.25, 0.3) is 0 Å². The van der Waals surface area contributed by atoms with Gasteiger partial charge in [-0.25, -0.2) is 9.10 Å². The average molecular weight is 324 g/mol. The molecule has 2 aliphatic heterocycles. The predicted molar refractivity (Wildman–Crippen MR) is 75.9 cm³/mol. The minimum absolute atomic E-state index is 0.107. The Hall–Kier alpha value is -2.55. The lowest BCUT2D eigenvalue weighted by atomic mass is 10.1. The summed E-state index contributed by atoms with van der Waals surface area (Å²) < 4.78 is 43.6. The van der Waals surface area contributed by atoms with E-state index in [0.29, 0.717) is 17.1 Å². The van der Waals surface area contributed by atoms with E-state index >= 15 is 0 Å². The maximum atomic E-state index is 12.1. The third-order valence-corrected chi connectivity index (χ3v) is 4.55. The number of methoxy groups -OCH3 is 1. The summed E-state index contributed by atoms with van der Waals surface area (Å²) in [6, 6.07) is 4.89. The van der Waals surface area contributed by atoms with Crippen molar-refractivity contribution in [3.8, 4) is 11.5 Å². The highest BCUT2D eigenvalue weighted by atomic mass is 32.2. The minimum atomic E-state index is -4.00. The van der Waals surface area contributed by atoms with Gasteiger partial charge in [0.15, 0.2) is 11.5 Å². The maximum Gasteiger partial charge on any atom is 0.355 e. The van der Waals surface area contributed by atoms with E-state index in [2.05, 4.69) is 9.13 Å². The number of hydrogen-bond acceptors (Lipinski definition) is 6. The van der Waals surface area contributed by atoms with Gasteiger partial charge in [-0.05, 0) is 24.3 Å². The van der Waals surface area contributed by atoms with E-state index < -0.39 is 16.2 Å². The number of carbonyl (C=O) groups excluding carboxylic acids is 1. The molecule has 0 amide bonds. The molecule has 0 saturated heterocycles. The van der Waals surface area contributed by atoms with Crippen LogP contribution in [-0.4, -0.2) is 45.4 Å². The van der Waals surface area contributed by atoms with Crippen molar-refractivity contribution in [3.05, 3.63) is 35.5 Å². The zero-order valence-corrected chi connectivity index (χ0v) is 12.6. The summed E-state index contributed by atoms with van der Waals surface area (Å²) in [6.07, 6.45) is 1.35. The number of benzene rings is 1. The largest absolute Gasteiger partial charge is 0.464 e. The zero-order chi connectivity index (χ0) is 15.9. The van der Waals surface area contributed by atoms with E-state index in [9.17, 15) is 13.2 Å². The van der Waals surface area contributed by atoms with Gasteiger partial charge in [0.1, 0.15) is 5.70 Å². The lowest BCUT2D eigenvalue weighted by molar-refractivity contribution is -0.137. The first-order valence-electron chi connectivity index (χ1n) is 6.21. The van der Waals surface area contributed by atoms with Crippen LogP contribution < -0.4 is 9.47 Å². The summed E-state index contributed by atoms with van der Waals surface area (Å²) in [4.78, 5) is 11.7. The Morgan fingerprint density at radius 3 is 2.77 bits per heavy atom. The number of carbonyl (C=O) groups is 1. The number of allylic oxidation sites excluding steroid dienone is 1. The summed E-state index contributed by atoms with van der Waals surface area (Å²) in [7, 11) is -1.59. The molecule has 1 aromatic rings. The van der Waals surface area contributed by atoms with Crippen molar-refractivity contribution in [2.45, 2.75) is 0 Å². The molecule has 116 valence electrons. The minimum Gasteiger partial charge on any atom is -0.464 e.